The first kappa shape index (κ1) is 83.1. The van der Waals surface area contributed by atoms with Crippen LogP contribution in [0.1, 0.15) is 0 Å². The summed E-state index contributed by atoms with van der Waals surface area (Å²) in [4.78, 5) is 281. The average Bonchev–Trinajstić information content (AvgIpc) is 2.36. The van der Waals surface area contributed by atoms with Gasteiger partial charge < -0.3 is 164 Å². The van der Waals surface area contributed by atoms with Crippen molar-refractivity contribution in [1.82, 2.24) is 0 Å². The molecule has 0 saturated heterocycles. The molecule has 0 fully saturated rings. The summed E-state index contributed by atoms with van der Waals surface area (Å²) >= 11 is 0. The summed E-state index contributed by atoms with van der Waals surface area (Å²) in [5.74, 6) is 0. The van der Waals surface area contributed by atoms with Crippen molar-refractivity contribution in [3.63, 3.8) is 0 Å². The molecule has 51 heavy (non-hydrogen) atoms. The summed E-state index contributed by atoms with van der Waals surface area (Å²) in [6.07, 6.45) is 0. The average molecular weight is 1150 g/mol. The first-order valence-electron chi connectivity index (χ1n) is 8.16. The van der Waals surface area contributed by atoms with Gasteiger partial charge in [-0.25, -0.2) is 0 Å². The van der Waals surface area contributed by atoms with E-state index in [1.807, 2.05) is 0 Å². The minimum Gasteiger partial charge on any atom is -0.862 e. The van der Waals surface area contributed by atoms with Crippen LogP contribution in [0.5, 0.6) is 0 Å². The Kier molecular flexibility index (Phi) is 52.3. The van der Waals surface area contributed by atoms with Crippen molar-refractivity contribution in [3.8, 4) is 0 Å². The molecule has 0 aromatic heterocycles. The molecule has 0 aromatic carbocycles. The second kappa shape index (κ2) is 32.1. The third-order valence-electron chi connectivity index (χ3n) is 1.25. The Labute approximate surface area is 363 Å². The molecule has 0 heterocycles. The van der Waals surface area contributed by atoms with Gasteiger partial charge in [0.05, 0.1) is 0 Å². The maximum atomic E-state index is 9.36. The molecule has 0 aromatic rings. The molecule has 0 aliphatic rings. The van der Waals surface area contributed by atoms with Crippen LogP contribution in [0.15, 0.2) is 0 Å². The van der Waals surface area contributed by atoms with Crippen LogP contribution in [0.3, 0.4) is 0 Å². The molecule has 51 heteroatoms. The third-order valence-corrected chi connectivity index (χ3v) is 11.3. The minimum absolute atomic E-state index is 0. The minimum atomic E-state index is -5.92. The number of hydrogen-bond acceptors (Lipinski definition) is 35. The maximum absolute atomic E-state index is 9.36. The summed E-state index contributed by atoms with van der Waals surface area (Å²) in [7, 11) is -59.2. The monoisotopic (exact) mass is 1150 g/mol. The van der Waals surface area contributed by atoms with E-state index in [-0.39, 0.29) is 111 Å². The molecule has 0 amide bonds. The summed E-state index contributed by atoms with van der Waals surface area (Å²) in [6.45, 7) is 0. The Bertz CT molecular complexity index is 538. The van der Waals surface area contributed by atoms with Crippen molar-refractivity contribution in [2.45, 2.75) is 0 Å². The van der Waals surface area contributed by atoms with Crippen LogP contribution in [-0.4, -0.2) is 90.5 Å². The molecule has 0 bridgehead atoms. The van der Waals surface area contributed by atoms with Crippen LogP contribution < -0.4 is 144 Å². The Balaban J connectivity index is -0.0000000423. The molecule has 0 N–H and O–H groups in total. The predicted octanol–water partition coefficient (Wildman–Crippen LogP) is -39.8. The van der Waals surface area contributed by atoms with Crippen LogP contribution in [0.4, 0.5) is 0 Å². The topological polar surface area (TPSA) is 738 Å². The summed E-state index contributed by atoms with van der Waals surface area (Å²) in [5, 5.41) is 0. The van der Waals surface area contributed by atoms with E-state index in [1.54, 1.807) is 0 Å². The van der Waals surface area contributed by atoms with Gasteiger partial charge in [-0.1, -0.05) is 0 Å². The van der Waals surface area contributed by atoms with Crippen LogP contribution >= 0.6 is 0 Å². The van der Waals surface area contributed by atoms with Crippen LogP contribution in [0, 0.1) is 0 Å². The molecule has 35 nitrogen and oxygen atoms in total. The fourth-order valence-electron chi connectivity index (χ4n) is 0.765. The Morgan fingerprint density at radius 2 is 0.176 bits per heavy atom. The molecule has 0 aliphatic carbocycles. The second-order valence-electron chi connectivity index (χ2n) is 5.51. The first-order valence-corrected chi connectivity index (χ1v) is 24.5. The quantitative estimate of drug-likeness (QED) is 0.183. The first-order chi connectivity index (χ1) is 18.5. The van der Waals surface area contributed by atoms with Crippen LogP contribution in [-0.2, 0) is 132 Å². The van der Waals surface area contributed by atoms with E-state index in [0.29, 0.717) is 0 Å². The van der Waals surface area contributed by atoms with Crippen molar-refractivity contribution < 1.29 is 276 Å². The zero-order valence-corrected chi connectivity index (χ0v) is 40.4. The molecule has 0 aliphatic heterocycles. The van der Waals surface area contributed by atoms with Crippen molar-refractivity contribution in [2.75, 3.05) is 0 Å². The van der Waals surface area contributed by atoms with E-state index in [9.17, 15) is 144 Å². The smallest absolute Gasteiger partial charge is 0 e. The molecular weight excluding hydrogens is 1150 g/mol. The van der Waals surface area contributed by atoms with Crippen molar-refractivity contribution in [2.24, 2.45) is 0 Å². The Hall–Kier alpha value is 4.28. The summed E-state index contributed by atoms with van der Waals surface area (Å²) in [5.41, 5.74) is 0. The van der Waals surface area contributed by atoms with Gasteiger partial charge in [0.2, 0.25) is 0 Å². The van der Waals surface area contributed by atoms with Crippen molar-refractivity contribution >= 4 is 90.5 Å². The van der Waals surface area contributed by atoms with E-state index in [0.717, 1.165) is 0 Å². The van der Waals surface area contributed by atoms with Crippen molar-refractivity contribution in [3.05, 3.63) is 0 Å². The maximum Gasteiger partial charge on any atom is 0 e. The summed E-state index contributed by atoms with van der Waals surface area (Å²) < 4.78 is 12.8. The second-order valence-corrected chi connectivity index (χ2v) is 19.6. The molecule has 0 unspecified atom stereocenters. The molecule has 0 saturated carbocycles. The molecular formula is O35Si10V6-30. The Morgan fingerprint density at radius 1 is 0.137 bits per heavy atom. The molecule has 0 rings (SSSR count). The predicted molar refractivity (Wildman–Crippen MR) is 63.0 cm³/mol. The van der Waals surface area contributed by atoms with Gasteiger partial charge in [0.15, 0.2) is 0 Å². The van der Waals surface area contributed by atoms with E-state index in [2.05, 4.69) is 20.6 Å². The van der Waals surface area contributed by atoms with Gasteiger partial charge in [0, 0.05) is 111 Å². The SMILES string of the molecule is [O-][Si]([O-])([O-])O[Si]([O-])([O-])[O-].[O-][Si]([O-])([O-])O[Si]([O-])([O-])[O-].[O-][Si]([O-])([O-])O[Si]([O-])([O-])[O-].[O-][Si]([O-])([O-])O[Si]([O-])([O-])[O-].[O-][Si]([O-])([O-])O[Si]([O-])([O-])[O-].[V].[V].[V].[V].[V].[V]. The zero-order chi connectivity index (χ0) is 38.5. The largest absolute Gasteiger partial charge is 0.862 e. The van der Waals surface area contributed by atoms with Gasteiger partial charge in [-0.15, -0.1) is 90.5 Å². The zero-order valence-electron chi connectivity index (χ0n) is 22.0. The molecule has 0 spiro atoms. The van der Waals surface area contributed by atoms with Gasteiger partial charge in [0.25, 0.3) is 0 Å². The number of rotatable bonds is 10. The van der Waals surface area contributed by atoms with E-state index < -0.39 is 90.5 Å². The number of hydrogen-bond donors (Lipinski definition) is 0. The third kappa shape index (κ3) is 126. The molecule has 310 valence electrons. The fourth-order valence-corrected chi connectivity index (χ4v) is 6.89. The molecule has 6 radical (unpaired) electrons. The van der Waals surface area contributed by atoms with Gasteiger partial charge in [0.1, 0.15) is 0 Å². The van der Waals surface area contributed by atoms with Crippen molar-refractivity contribution in [1.29, 1.82) is 0 Å². The Morgan fingerprint density at radius 3 is 0.176 bits per heavy atom. The van der Waals surface area contributed by atoms with E-state index in [4.69, 9.17) is 0 Å². The van der Waals surface area contributed by atoms with Gasteiger partial charge in [-0.3, -0.25) is 0 Å². The molecule has 0 atom stereocenters. The fraction of sp³-hybridized carbons (Fsp3) is 0. The van der Waals surface area contributed by atoms with Crippen LogP contribution in [0.25, 0.3) is 0 Å². The van der Waals surface area contributed by atoms with E-state index >= 15 is 0 Å². The van der Waals surface area contributed by atoms with Crippen LogP contribution in [0.2, 0.25) is 0 Å². The van der Waals surface area contributed by atoms with Gasteiger partial charge in [-0.05, 0) is 0 Å². The standard InChI is InChI=1S/5O7Si2.6V/c5*1-8(2,3)7-9(4,5)6;;;;;;/q5*-6;;;;;;. The van der Waals surface area contributed by atoms with Gasteiger partial charge in [-0.2, -0.15) is 0 Å². The normalized spacial score (nSPS) is 12.4. The van der Waals surface area contributed by atoms with Gasteiger partial charge >= 0.3 is 0 Å². The van der Waals surface area contributed by atoms with E-state index in [1.165, 1.54) is 0 Å². The summed E-state index contributed by atoms with van der Waals surface area (Å²) in [6, 6.07) is 0.